The van der Waals surface area contributed by atoms with Gasteiger partial charge in [-0.25, -0.2) is 8.42 Å². The highest BCUT2D eigenvalue weighted by atomic mass is 32.2. The van der Waals surface area contributed by atoms with Crippen LogP contribution in [-0.2, 0) is 15.6 Å². The van der Waals surface area contributed by atoms with Crippen LogP contribution >= 0.6 is 11.8 Å². The van der Waals surface area contributed by atoms with Gasteiger partial charge in [0.1, 0.15) is 0 Å². The molecule has 2 atom stereocenters. The molecule has 0 amide bonds. The van der Waals surface area contributed by atoms with Crippen molar-refractivity contribution in [2.45, 2.75) is 24.8 Å². The van der Waals surface area contributed by atoms with Gasteiger partial charge in [0.2, 0.25) is 0 Å². The molecule has 0 radical (unpaired) electrons. The molecule has 1 fully saturated rings. The van der Waals surface area contributed by atoms with Gasteiger partial charge in [0, 0.05) is 11.4 Å². The zero-order valence-electron chi connectivity index (χ0n) is 14.0. The van der Waals surface area contributed by atoms with Crippen molar-refractivity contribution in [2.24, 2.45) is 4.99 Å². The second-order valence-electron chi connectivity index (χ2n) is 6.60. The summed E-state index contributed by atoms with van der Waals surface area (Å²) in [7, 11) is -3.00. The standard InChI is InChI=1S/C19H20N2O2S2/c1-14-7-9-16(10-8-14)21-18-13-25(22,23)12-17(18)20-19(21)24-11-15-5-3-2-4-6-15/h2-10,17-18H,11-13H2,1H3. The summed E-state index contributed by atoms with van der Waals surface area (Å²) in [6.45, 7) is 2.05. The number of hydrogen-bond acceptors (Lipinski definition) is 5. The Bertz CT molecular complexity index is 893. The van der Waals surface area contributed by atoms with Gasteiger partial charge in [-0.15, -0.1) is 0 Å². The van der Waals surface area contributed by atoms with E-state index in [-0.39, 0.29) is 23.6 Å². The van der Waals surface area contributed by atoms with Gasteiger partial charge in [0.05, 0.1) is 23.6 Å². The molecule has 130 valence electrons. The van der Waals surface area contributed by atoms with Crippen LogP contribution in [0.5, 0.6) is 0 Å². The van der Waals surface area contributed by atoms with Crippen LogP contribution in [0.15, 0.2) is 59.6 Å². The van der Waals surface area contributed by atoms with E-state index in [9.17, 15) is 8.42 Å². The van der Waals surface area contributed by atoms with Crippen molar-refractivity contribution in [3.8, 4) is 0 Å². The summed E-state index contributed by atoms with van der Waals surface area (Å²) < 4.78 is 24.1. The number of anilines is 1. The van der Waals surface area contributed by atoms with E-state index in [1.54, 1.807) is 11.8 Å². The molecular weight excluding hydrogens is 352 g/mol. The smallest absolute Gasteiger partial charge is 0.164 e. The number of aliphatic imine (C=N–C) groups is 1. The first-order valence-electron chi connectivity index (χ1n) is 8.33. The van der Waals surface area contributed by atoms with E-state index < -0.39 is 9.84 Å². The SMILES string of the molecule is Cc1ccc(N2C(SCc3ccccc3)=NC3CS(=O)(=O)CC32)cc1. The van der Waals surface area contributed by atoms with Crippen LogP contribution in [-0.4, -0.2) is 37.2 Å². The Morgan fingerprint density at radius 1 is 1.08 bits per heavy atom. The lowest BCUT2D eigenvalue weighted by Crippen LogP contribution is -2.39. The van der Waals surface area contributed by atoms with E-state index in [4.69, 9.17) is 4.99 Å². The first kappa shape index (κ1) is 16.7. The Morgan fingerprint density at radius 2 is 1.80 bits per heavy atom. The molecule has 4 rings (SSSR count). The molecule has 0 bridgehead atoms. The topological polar surface area (TPSA) is 49.7 Å². The van der Waals surface area contributed by atoms with Gasteiger partial charge in [-0.1, -0.05) is 59.8 Å². The van der Waals surface area contributed by atoms with Crippen molar-refractivity contribution >= 4 is 32.5 Å². The number of benzene rings is 2. The van der Waals surface area contributed by atoms with Crippen LogP contribution in [0, 0.1) is 6.92 Å². The molecule has 0 aliphatic carbocycles. The predicted molar refractivity (Wildman–Crippen MR) is 105 cm³/mol. The monoisotopic (exact) mass is 372 g/mol. The van der Waals surface area contributed by atoms with Crippen LogP contribution in [0.1, 0.15) is 11.1 Å². The molecule has 4 nitrogen and oxygen atoms in total. The lowest BCUT2D eigenvalue weighted by atomic mass is 10.1. The number of hydrogen-bond donors (Lipinski definition) is 0. The van der Waals surface area contributed by atoms with Crippen molar-refractivity contribution in [1.29, 1.82) is 0 Å². The molecule has 0 N–H and O–H groups in total. The molecule has 0 saturated carbocycles. The molecule has 2 aromatic rings. The van der Waals surface area contributed by atoms with Crippen molar-refractivity contribution in [2.75, 3.05) is 16.4 Å². The molecule has 0 spiro atoms. The van der Waals surface area contributed by atoms with E-state index in [0.717, 1.165) is 16.6 Å². The van der Waals surface area contributed by atoms with E-state index in [1.807, 2.05) is 18.2 Å². The Labute approximate surface area is 152 Å². The number of aryl methyl sites for hydroxylation is 1. The zero-order chi connectivity index (χ0) is 17.4. The minimum Gasteiger partial charge on any atom is -0.315 e. The lowest BCUT2D eigenvalue weighted by molar-refractivity contribution is 0.601. The van der Waals surface area contributed by atoms with Gasteiger partial charge in [-0.05, 0) is 24.6 Å². The Morgan fingerprint density at radius 3 is 2.52 bits per heavy atom. The number of fused-ring (bicyclic) bond motifs is 1. The molecule has 2 unspecified atom stereocenters. The third kappa shape index (κ3) is 3.46. The molecule has 6 heteroatoms. The first-order chi connectivity index (χ1) is 12.0. The summed E-state index contributed by atoms with van der Waals surface area (Å²) in [5.74, 6) is 1.17. The molecule has 25 heavy (non-hydrogen) atoms. The number of sulfone groups is 1. The fourth-order valence-electron chi connectivity index (χ4n) is 3.36. The maximum Gasteiger partial charge on any atom is 0.164 e. The minimum absolute atomic E-state index is 0.0778. The third-order valence-corrected chi connectivity index (χ3v) is 7.37. The highest BCUT2D eigenvalue weighted by Crippen LogP contribution is 2.35. The fourth-order valence-corrected chi connectivity index (χ4v) is 6.29. The van der Waals surface area contributed by atoms with Crippen molar-refractivity contribution in [1.82, 2.24) is 0 Å². The Hall–Kier alpha value is -1.79. The predicted octanol–water partition coefficient (Wildman–Crippen LogP) is 3.27. The lowest BCUT2D eigenvalue weighted by Gasteiger charge is -2.26. The second kappa shape index (κ2) is 6.50. The van der Waals surface area contributed by atoms with Crippen molar-refractivity contribution in [3.63, 3.8) is 0 Å². The average molecular weight is 373 g/mol. The van der Waals surface area contributed by atoms with Gasteiger partial charge < -0.3 is 4.90 Å². The molecule has 2 aromatic carbocycles. The highest BCUT2D eigenvalue weighted by molar-refractivity contribution is 8.13. The quantitative estimate of drug-likeness (QED) is 0.830. The highest BCUT2D eigenvalue weighted by Gasteiger charge is 2.47. The molecule has 2 heterocycles. The summed E-state index contributed by atoms with van der Waals surface area (Å²) in [6.07, 6.45) is 0. The number of thioether (sulfide) groups is 1. The minimum atomic E-state index is -3.00. The van der Waals surface area contributed by atoms with Gasteiger partial charge >= 0.3 is 0 Å². The first-order valence-corrected chi connectivity index (χ1v) is 11.1. The largest absolute Gasteiger partial charge is 0.315 e. The Kier molecular flexibility index (Phi) is 4.33. The molecule has 2 aliphatic heterocycles. The van der Waals surface area contributed by atoms with E-state index in [0.29, 0.717) is 0 Å². The van der Waals surface area contributed by atoms with E-state index in [1.165, 1.54) is 11.1 Å². The zero-order valence-corrected chi connectivity index (χ0v) is 15.6. The van der Waals surface area contributed by atoms with E-state index >= 15 is 0 Å². The normalized spacial score (nSPS) is 24.2. The van der Waals surface area contributed by atoms with Crippen LogP contribution < -0.4 is 4.90 Å². The van der Waals surface area contributed by atoms with Gasteiger partial charge in [-0.3, -0.25) is 4.99 Å². The van der Waals surface area contributed by atoms with Crippen LogP contribution in [0.4, 0.5) is 5.69 Å². The van der Waals surface area contributed by atoms with Gasteiger partial charge in [-0.2, -0.15) is 0 Å². The van der Waals surface area contributed by atoms with Crippen molar-refractivity contribution in [3.05, 3.63) is 65.7 Å². The Balaban J connectivity index is 1.62. The van der Waals surface area contributed by atoms with Crippen molar-refractivity contribution < 1.29 is 8.42 Å². The molecular formula is C19H20N2O2S2. The maximum absolute atomic E-state index is 12.1. The number of rotatable bonds is 3. The van der Waals surface area contributed by atoms with Crippen LogP contribution in [0.3, 0.4) is 0 Å². The van der Waals surface area contributed by atoms with Gasteiger partial charge in [0.15, 0.2) is 15.0 Å². The van der Waals surface area contributed by atoms with Crippen LogP contribution in [0.2, 0.25) is 0 Å². The number of nitrogens with zero attached hydrogens (tertiary/aromatic N) is 2. The van der Waals surface area contributed by atoms with Gasteiger partial charge in [0.25, 0.3) is 0 Å². The summed E-state index contributed by atoms with van der Waals surface area (Å²) >= 11 is 1.68. The third-order valence-electron chi connectivity index (χ3n) is 4.63. The average Bonchev–Trinajstić information content (AvgIpc) is 3.06. The molecule has 1 saturated heterocycles. The van der Waals surface area contributed by atoms with E-state index in [2.05, 4.69) is 48.2 Å². The summed E-state index contributed by atoms with van der Waals surface area (Å²) in [4.78, 5) is 6.89. The number of amidine groups is 1. The maximum atomic E-state index is 12.1. The second-order valence-corrected chi connectivity index (χ2v) is 9.70. The summed E-state index contributed by atoms with van der Waals surface area (Å²) in [5, 5.41) is 0.928. The summed E-state index contributed by atoms with van der Waals surface area (Å²) in [5.41, 5.74) is 3.45. The summed E-state index contributed by atoms with van der Waals surface area (Å²) in [6, 6.07) is 18.3. The fraction of sp³-hybridized carbons (Fsp3) is 0.316. The molecule has 0 aromatic heterocycles. The molecule has 2 aliphatic rings. The van der Waals surface area contributed by atoms with Crippen LogP contribution in [0.25, 0.3) is 0 Å².